The molecule has 112 valence electrons. The molecular weight excluding hydrogens is 298 g/mol. The summed E-state index contributed by atoms with van der Waals surface area (Å²) in [5.74, 6) is 0. The SMILES string of the molecule is Cc1ccc(S(=O)(=O)c2nnn(-c3ccccc3)c2C)cc1. The van der Waals surface area contributed by atoms with Gasteiger partial charge in [0.2, 0.25) is 14.9 Å². The molecule has 0 saturated heterocycles. The number of sulfone groups is 1. The molecule has 5 nitrogen and oxygen atoms in total. The summed E-state index contributed by atoms with van der Waals surface area (Å²) in [7, 11) is -3.67. The van der Waals surface area contributed by atoms with E-state index in [9.17, 15) is 8.42 Å². The van der Waals surface area contributed by atoms with Gasteiger partial charge in [0.1, 0.15) is 0 Å². The molecule has 0 atom stereocenters. The van der Waals surface area contributed by atoms with E-state index in [1.54, 1.807) is 31.2 Å². The van der Waals surface area contributed by atoms with Crippen molar-refractivity contribution >= 4 is 9.84 Å². The Labute approximate surface area is 129 Å². The van der Waals surface area contributed by atoms with Gasteiger partial charge in [-0.15, -0.1) is 5.10 Å². The summed E-state index contributed by atoms with van der Waals surface area (Å²) < 4.78 is 26.9. The van der Waals surface area contributed by atoms with Gasteiger partial charge >= 0.3 is 0 Å². The van der Waals surface area contributed by atoms with Gasteiger partial charge in [-0.25, -0.2) is 13.1 Å². The maximum atomic E-state index is 12.7. The zero-order valence-corrected chi connectivity index (χ0v) is 13.1. The molecule has 2 aromatic carbocycles. The van der Waals surface area contributed by atoms with Crippen LogP contribution in [0.1, 0.15) is 11.3 Å². The van der Waals surface area contributed by atoms with Crippen molar-refractivity contribution in [1.29, 1.82) is 0 Å². The maximum Gasteiger partial charge on any atom is 0.227 e. The van der Waals surface area contributed by atoms with Gasteiger partial charge in [-0.05, 0) is 38.1 Å². The highest BCUT2D eigenvalue weighted by molar-refractivity contribution is 7.91. The fraction of sp³-hybridized carbons (Fsp3) is 0.125. The quantitative estimate of drug-likeness (QED) is 0.746. The third-order valence-corrected chi connectivity index (χ3v) is 5.22. The van der Waals surface area contributed by atoms with Gasteiger partial charge < -0.3 is 0 Å². The molecule has 0 unspecified atom stereocenters. The lowest BCUT2D eigenvalue weighted by Gasteiger charge is -2.05. The fourth-order valence-corrected chi connectivity index (χ4v) is 3.54. The van der Waals surface area contributed by atoms with Gasteiger partial charge in [-0.3, -0.25) is 0 Å². The van der Waals surface area contributed by atoms with E-state index >= 15 is 0 Å². The van der Waals surface area contributed by atoms with Crippen LogP contribution in [0.25, 0.3) is 5.69 Å². The molecule has 1 heterocycles. The van der Waals surface area contributed by atoms with Gasteiger partial charge in [0.25, 0.3) is 0 Å². The highest BCUT2D eigenvalue weighted by Gasteiger charge is 2.25. The normalized spacial score (nSPS) is 11.5. The van der Waals surface area contributed by atoms with Crippen molar-refractivity contribution in [2.24, 2.45) is 0 Å². The van der Waals surface area contributed by atoms with Crippen molar-refractivity contribution in [3.63, 3.8) is 0 Å². The Balaban J connectivity index is 2.10. The standard InChI is InChI=1S/C16H15N3O2S/c1-12-8-10-15(11-9-12)22(20,21)16-13(2)19(18-17-16)14-6-4-3-5-7-14/h3-11H,1-2H3. The number of nitrogens with zero attached hydrogens (tertiary/aromatic N) is 3. The summed E-state index contributed by atoms with van der Waals surface area (Å²) in [4.78, 5) is 0.223. The molecule has 0 spiro atoms. The smallest absolute Gasteiger partial charge is 0.217 e. The molecule has 0 aliphatic heterocycles. The zero-order chi connectivity index (χ0) is 15.7. The predicted molar refractivity (Wildman–Crippen MR) is 82.7 cm³/mol. The van der Waals surface area contributed by atoms with Crippen LogP contribution < -0.4 is 0 Å². The third-order valence-electron chi connectivity index (χ3n) is 3.44. The summed E-state index contributed by atoms with van der Waals surface area (Å²) in [6, 6.07) is 16.0. The van der Waals surface area contributed by atoms with Crippen molar-refractivity contribution in [3.05, 3.63) is 65.9 Å². The monoisotopic (exact) mass is 313 g/mol. The Hall–Kier alpha value is -2.47. The van der Waals surface area contributed by atoms with Crippen molar-refractivity contribution in [3.8, 4) is 5.69 Å². The van der Waals surface area contributed by atoms with Crippen LogP contribution in [0.2, 0.25) is 0 Å². The van der Waals surface area contributed by atoms with E-state index < -0.39 is 9.84 Å². The lowest BCUT2D eigenvalue weighted by atomic mass is 10.2. The second kappa shape index (κ2) is 5.38. The zero-order valence-electron chi connectivity index (χ0n) is 12.3. The summed E-state index contributed by atoms with van der Waals surface area (Å²) in [5, 5.41) is 7.86. The molecule has 0 amide bonds. The number of benzene rings is 2. The van der Waals surface area contributed by atoms with Crippen LogP contribution in [0.15, 0.2) is 64.5 Å². The van der Waals surface area contributed by atoms with Crippen LogP contribution in [0.3, 0.4) is 0 Å². The van der Waals surface area contributed by atoms with Crippen molar-refractivity contribution < 1.29 is 8.42 Å². The van der Waals surface area contributed by atoms with Crippen LogP contribution >= 0.6 is 0 Å². The van der Waals surface area contributed by atoms with E-state index in [1.165, 1.54) is 4.68 Å². The van der Waals surface area contributed by atoms with Crippen LogP contribution in [-0.4, -0.2) is 23.4 Å². The molecule has 0 aliphatic carbocycles. The van der Waals surface area contributed by atoms with E-state index in [1.807, 2.05) is 37.3 Å². The molecule has 0 N–H and O–H groups in total. The summed E-state index contributed by atoms with van der Waals surface area (Å²) >= 11 is 0. The minimum absolute atomic E-state index is 0.0137. The molecule has 3 aromatic rings. The van der Waals surface area contributed by atoms with Crippen LogP contribution in [0.5, 0.6) is 0 Å². The molecule has 22 heavy (non-hydrogen) atoms. The maximum absolute atomic E-state index is 12.7. The second-order valence-corrected chi connectivity index (χ2v) is 6.91. The highest BCUT2D eigenvalue weighted by Crippen LogP contribution is 2.23. The summed E-state index contributed by atoms with van der Waals surface area (Å²) in [5.41, 5.74) is 2.27. The Kier molecular flexibility index (Phi) is 3.54. The van der Waals surface area contributed by atoms with Gasteiger partial charge in [0.15, 0.2) is 0 Å². The molecule has 3 rings (SSSR count). The average Bonchev–Trinajstić information content (AvgIpc) is 2.91. The number of hydrogen-bond donors (Lipinski definition) is 0. The number of aryl methyl sites for hydroxylation is 1. The van der Waals surface area contributed by atoms with Crippen molar-refractivity contribution in [1.82, 2.24) is 15.0 Å². The first-order valence-corrected chi connectivity index (χ1v) is 8.28. The van der Waals surface area contributed by atoms with Crippen LogP contribution in [0.4, 0.5) is 0 Å². The number of hydrogen-bond acceptors (Lipinski definition) is 4. The molecule has 0 saturated carbocycles. The minimum Gasteiger partial charge on any atom is -0.217 e. The number of aromatic nitrogens is 3. The van der Waals surface area contributed by atoms with E-state index in [2.05, 4.69) is 10.3 Å². The molecular formula is C16H15N3O2S. The Morgan fingerprint density at radius 2 is 1.55 bits per heavy atom. The highest BCUT2D eigenvalue weighted by atomic mass is 32.2. The predicted octanol–water partition coefficient (Wildman–Crippen LogP) is 2.72. The van der Waals surface area contributed by atoms with Gasteiger partial charge in [0.05, 0.1) is 16.3 Å². The molecule has 1 aromatic heterocycles. The van der Waals surface area contributed by atoms with Crippen molar-refractivity contribution in [2.45, 2.75) is 23.8 Å². The van der Waals surface area contributed by atoms with Gasteiger partial charge in [0, 0.05) is 0 Å². The van der Waals surface area contributed by atoms with E-state index in [0.29, 0.717) is 5.69 Å². The van der Waals surface area contributed by atoms with Gasteiger partial charge in [-0.1, -0.05) is 41.1 Å². The number of para-hydroxylation sites is 1. The van der Waals surface area contributed by atoms with Gasteiger partial charge in [-0.2, -0.15) is 0 Å². The van der Waals surface area contributed by atoms with E-state index in [4.69, 9.17) is 0 Å². The average molecular weight is 313 g/mol. The van der Waals surface area contributed by atoms with Crippen LogP contribution in [0, 0.1) is 13.8 Å². The second-order valence-electron chi connectivity index (χ2n) is 5.04. The fourth-order valence-electron chi connectivity index (χ4n) is 2.21. The van der Waals surface area contributed by atoms with E-state index in [-0.39, 0.29) is 9.92 Å². The third kappa shape index (κ3) is 2.42. The van der Waals surface area contributed by atoms with Crippen molar-refractivity contribution in [2.75, 3.05) is 0 Å². The Bertz CT molecular complexity index is 898. The lowest BCUT2D eigenvalue weighted by molar-refractivity contribution is 0.591. The van der Waals surface area contributed by atoms with Crippen LogP contribution in [-0.2, 0) is 9.84 Å². The summed E-state index contributed by atoms with van der Waals surface area (Å²) in [6.45, 7) is 3.61. The Morgan fingerprint density at radius 1 is 0.909 bits per heavy atom. The first-order valence-electron chi connectivity index (χ1n) is 6.79. The molecule has 0 aliphatic rings. The van der Waals surface area contributed by atoms with E-state index in [0.717, 1.165) is 11.3 Å². The topological polar surface area (TPSA) is 64.8 Å². The lowest BCUT2D eigenvalue weighted by Crippen LogP contribution is -2.05. The summed E-state index contributed by atoms with van der Waals surface area (Å²) in [6.07, 6.45) is 0. The number of rotatable bonds is 3. The molecule has 0 fully saturated rings. The Morgan fingerprint density at radius 3 is 2.18 bits per heavy atom. The minimum atomic E-state index is -3.67. The first kappa shape index (κ1) is 14.5. The first-order chi connectivity index (χ1) is 10.5. The largest absolute Gasteiger partial charge is 0.227 e. The molecule has 6 heteroatoms. The molecule has 0 bridgehead atoms. The molecule has 0 radical (unpaired) electrons.